The van der Waals surface area contributed by atoms with Crippen molar-refractivity contribution in [1.82, 2.24) is 15.2 Å². The van der Waals surface area contributed by atoms with E-state index < -0.39 is 0 Å². The van der Waals surface area contributed by atoms with Crippen LogP contribution in [0, 0.1) is 5.92 Å². The summed E-state index contributed by atoms with van der Waals surface area (Å²) in [4.78, 5) is 20.0. The Bertz CT molecular complexity index is 1020. The van der Waals surface area contributed by atoms with Crippen molar-refractivity contribution in [2.45, 2.75) is 18.9 Å². The highest BCUT2D eigenvalue weighted by atomic mass is 35.5. The Balaban J connectivity index is 1.29. The highest BCUT2D eigenvalue weighted by Gasteiger charge is 2.27. The molecule has 1 unspecified atom stereocenters. The lowest BCUT2D eigenvalue weighted by molar-refractivity contribution is -0.127. The molecule has 33 heavy (non-hydrogen) atoms. The first-order valence-corrected chi connectivity index (χ1v) is 11.9. The first kappa shape index (κ1) is 23.6. The number of nitrogens with one attached hydrogen (secondary N) is 1. The van der Waals surface area contributed by atoms with Gasteiger partial charge in [-0.1, -0.05) is 41.4 Å². The van der Waals surface area contributed by atoms with E-state index in [-0.39, 0.29) is 17.9 Å². The first-order chi connectivity index (χ1) is 16.1. The number of piperidine rings is 1. The Kier molecular flexibility index (Phi) is 8.21. The monoisotopic (exact) mass is 483 g/mol. The summed E-state index contributed by atoms with van der Waals surface area (Å²) in [6, 6.07) is 20.4. The number of hydrogen-bond acceptors (Lipinski definition) is 4. The average Bonchev–Trinajstić information content (AvgIpc) is 2.85. The van der Waals surface area contributed by atoms with Gasteiger partial charge in [0, 0.05) is 28.7 Å². The van der Waals surface area contributed by atoms with Crippen LogP contribution in [0.25, 0.3) is 0 Å². The van der Waals surface area contributed by atoms with Crippen molar-refractivity contribution < 1.29 is 9.53 Å². The largest absolute Gasteiger partial charge is 0.492 e. The summed E-state index contributed by atoms with van der Waals surface area (Å²) >= 11 is 12.0. The standard InChI is InChI=1S/C26H27Cl2N3O2/c27-21-6-4-19(5-7-21)25(24-3-1-2-14-29-24)30-26(32)20-12-15-31(16-13-20)17-18-33-23-10-8-22(28)9-11-23/h1-11,14,20,25H,12-13,15-18H2,(H,30,32). The lowest BCUT2D eigenvalue weighted by Gasteiger charge is -2.32. The molecule has 3 aromatic rings. The number of halogens is 2. The minimum atomic E-state index is -0.304. The summed E-state index contributed by atoms with van der Waals surface area (Å²) in [5, 5.41) is 4.59. The molecule has 1 aliphatic rings. The number of likely N-dealkylation sites (tertiary alicyclic amines) is 1. The first-order valence-electron chi connectivity index (χ1n) is 11.2. The topological polar surface area (TPSA) is 54.5 Å². The number of aromatic nitrogens is 1. The summed E-state index contributed by atoms with van der Waals surface area (Å²) in [7, 11) is 0. The smallest absolute Gasteiger partial charge is 0.224 e. The van der Waals surface area contributed by atoms with Crippen molar-refractivity contribution in [3.05, 3.63) is 94.2 Å². The molecule has 7 heteroatoms. The third-order valence-electron chi connectivity index (χ3n) is 5.92. The predicted molar refractivity (Wildman–Crippen MR) is 132 cm³/mol. The number of nitrogens with zero attached hydrogens (tertiary/aromatic N) is 2. The molecule has 0 aliphatic carbocycles. The molecule has 1 saturated heterocycles. The molecule has 2 heterocycles. The van der Waals surface area contributed by atoms with E-state index in [9.17, 15) is 4.79 Å². The minimum Gasteiger partial charge on any atom is -0.492 e. The summed E-state index contributed by atoms with van der Waals surface area (Å²) in [6.45, 7) is 3.18. The van der Waals surface area contributed by atoms with E-state index >= 15 is 0 Å². The molecule has 2 aromatic carbocycles. The van der Waals surface area contributed by atoms with Crippen LogP contribution in [0.3, 0.4) is 0 Å². The summed E-state index contributed by atoms with van der Waals surface area (Å²) in [5.41, 5.74) is 1.77. The van der Waals surface area contributed by atoms with E-state index in [0.29, 0.717) is 16.7 Å². The zero-order chi connectivity index (χ0) is 23.0. The second-order valence-electron chi connectivity index (χ2n) is 8.17. The lowest BCUT2D eigenvalue weighted by Crippen LogP contribution is -2.42. The Morgan fingerprint density at radius 1 is 1.00 bits per heavy atom. The lowest BCUT2D eigenvalue weighted by atomic mass is 9.94. The van der Waals surface area contributed by atoms with Crippen molar-refractivity contribution in [2.24, 2.45) is 5.92 Å². The molecule has 0 radical (unpaired) electrons. The number of benzene rings is 2. The fourth-order valence-corrected chi connectivity index (χ4v) is 4.28. The van der Waals surface area contributed by atoms with Gasteiger partial charge in [0.2, 0.25) is 5.91 Å². The van der Waals surface area contributed by atoms with Gasteiger partial charge in [-0.2, -0.15) is 0 Å². The maximum atomic E-state index is 13.1. The molecule has 0 saturated carbocycles. The van der Waals surface area contributed by atoms with Crippen molar-refractivity contribution in [1.29, 1.82) is 0 Å². The van der Waals surface area contributed by atoms with Gasteiger partial charge in [-0.3, -0.25) is 14.7 Å². The van der Waals surface area contributed by atoms with Crippen LogP contribution in [0.4, 0.5) is 0 Å². The Hall–Kier alpha value is -2.60. The van der Waals surface area contributed by atoms with Crippen molar-refractivity contribution in [2.75, 3.05) is 26.2 Å². The van der Waals surface area contributed by atoms with Crippen LogP contribution < -0.4 is 10.1 Å². The predicted octanol–water partition coefficient (Wildman–Crippen LogP) is 5.39. The van der Waals surface area contributed by atoms with Crippen LogP contribution in [0.15, 0.2) is 72.9 Å². The van der Waals surface area contributed by atoms with Gasteiger partial charge in [0.05, 0.1) is 11.7 Å². The van der Waals surface area contributed by atoms with E-state index in [1.807, 2.05) is 66.7 Å². The molecule has 1 atom stereocenters. The van der Waals surface area contributed by atoms with E-state index in [1.54, 1.807) is 6.20 Å². The fourth-order valence-electron chi connectivity index (χ4n) is 4.03. The second kappa shape index (κ2) is 11.5. The SMILES string of the molecule is O=C(NC(c1ccc(Cl)cc1)c1ccccn1)C1CCN(CCOc2ccc(Cl)cc2)CC1. The molecule has 4 rings (SSSR count). The Labute approximate surface area is 204 Å². The van der Waals surface area contributed by atoms with E-state index in [0.717, 1.165) is 49.5 Å². The molecule has 172 valence electrons. The Morgan fingerprint density at radius 2 is 1.67 bits per heavy atom. The number of hydrogen-bond donors (Lipinski definition) is 1. The number of pyridine rings is 1. The van der Waals surface area contributed by atoms with Crippen molar-refractivity contribution in [3.63, 3.8) is 0 Å². The number of ether oxygens (including phenoxy) is 1. The van der Waals surface area contributed by atoms with E-state index in [4.69, 9.17) is 27.9 Å². The number of amides is 1. The van der Waals surface area contributed by atoms with Gasteiger partial charge in [-0.15, -0.1) is 0 Å². The van der Waals surface area contributed by atoms with Gasteiger partial charge >= 0.3 is 0 Å². The third kappa shape index (κ3) is 6.70. The van der Waals surface area contributed by atoms with Gasteiger partial charge in [-0.25, -0.2) is 0 Å². The maximum Gasteiger partial charge on any atom is 0.224 e. The van der Waals surface area contributed by atoms with E-state index in [1.165, 1.54) is 0 Å². The van der Waals surface area contributed by atoms with E-state index in [2.05, 4.69) is 15.2 Å². The number of carbonyl (C=O) groups is 1. The summed E-state index contributed by atoms with van der Waals surface area (Å²) < 4.78 is 5.80. The quantitative estimate of drug-likeness (QED) is 0.466. The molecular formula is C26H27Cl2N3O2. The van der Waals surface area contributed by atoms with Gasteiger partial charge in [0.15, 0.2) is 0 Å². The maximum absolute atomic E-state index is 13.1. The second-order valence-corrected chi connectivity index (χ2v) is 9.04. The van der Waals surface area contributed by atoms with Crippen molar-refractivity contribution in [3.8, 4) is 5.75 Å². The molecule has 0 spiro atoms. The van der Waals surface area contributed by atoms with Gasteiger partial charge in [-0.05, 0) is 80.0 Å². The summed E-state index contributed by atoms with van der Waals surface area (Å²) in [6.07, 6.45) is 3.39. The van der Waals surface area contributed by atoms with Gasteiger partial charge < -0.3 is 10.1 Å². The zero-order valence-corrected chi connectivity index (χ0v) is 19.8. The van der Waals surface area contributed by atoms with Gasteiger partial charge in [0.1, 0.15) is 12.4 Å². The molecule has 5 nitrogen and oxygen atoms in total. The Morgan fingerprint density at radius 3 is 2.30 bits per heavy atom. The summed E-state index contributed by atoms with van der Waals surface area (Å²) in [5.74, 6) is 0.867. The normalized spacial score (nSPS) is 15.7. The molecule has 1 amide bonds. The average molecular weight is 484 g/mol. The number of carbonyl (C=O) groups excluding carboxylic acids is 1. The van der Waals surface area contributed by atoms with Crippen LogP contribution in [-0.4, -0.2) is 42.0 Å². The third-order valence-corrected chi connectivity index (χ3v) is 6.43. The zero-order valence-electron chi connectivity index (χ0n) is 18.3. The molecular weight excluding hydrogens is 457 g/mol. The molecule has 1 aromatic heterocycles. The number of rotatable bonds is 8. The molecule has 1 aliphatic heterocycles. The highest BCUT2D eigenvalue weighted by Crippen LogP contribution is 2.25. The molecule has 0 bridgehead atoms. The van der Waals surface area contributed by atoms with Crippen LogP contribution in [-0.2, 0) is 4.79 Å². The van der Waals surface area contributed by atoms with Crippen LogP contribution >= 0.6 is 23.2 Å². The molecule has 1 fully saturated rings. The van der Waals surface area contributed by atoms with Gasteiger partial charge in [0.25, 0.3) is 0 Å². The fraction of sp³-hybridized carbons (Fsp3) is 0.308. The minimum absolute atomic E-state index is 0.0167. The van der Waals surface area contributed by atoms with Crippen LogP contribution in [0.1, 0.15) is 30.1 Å². The van der Waals surface area contributed by atoms with Crippen molar-refractivity contribution >= 4 is 29.1 Å². The van der Waals surface area contributed by atoms with Crippen LogP contribution in [0.2, 0.25) is 10.0 Å². The molecule has 1 N–H and O–H groups in total. The highest BCUT2D eigenvalue weighted by molar-refractivity contribution is 6.30. The van der Waals surface area contributed by atoms with Crippen LogP contribution in [0.5, 0.6) is 5.75 Å².